The zero-order valence-corrected chi connectivity index (χ0v) is 34.6. The van der Waals surface area contributed by atoms with Crippen LogP contribution in [-0.4, -0.2) is 146 Å². The average Bonchev–Trinajstić information content (AvgIpc) is 3.98. The number of nitrogens with zero attached hydrogens (tertiary/aromatic N) is 7. The second kappa shape index (κ2) is 16.2. The molecule has 8 aliphatic heterocycles. The van der Waals surface area contributed by atoms with Gasteiger partial charge in [-0.05, 0) is 72.5 Å². The van der Waals surface area contributed by atoms with Crippen molar-refractivity contribution < 1.29 is 52.1 Å². The van der Waals surface area contributed by atoms with E-state index < -0.39 is 65.0 Å². The number of morpholine rings is 2. The maximum absolute atomic E-state index is 16.3. The van der Waals surface area contributed by atoms with Crippen molar-refractivity contribution in [2.45, 2.75) is 62.2 Å². The molecular formula is C44H48FN7O10. The Bertz CT molecular complexity index is 2130. The molecule has 18 heteroatoms. The average molecular weight is 854 g/mol. The molecular weight excluding hydrogens is 806 g/mol. The fourth-order valence-electron chi connectivity index (χ4n) is 10.2. The van der Waals surface area contributed by atoms with Gasteiger partial charge < -0.3 is 43.4 Å². The van der Waals surface area contributed by atoms with E-state index in [1.165, 1.54) is 58.1 Å². The highest BCUT2D eigenvalue weighted by molar-refractivity contribution is 6.11. The number of rotatable bonds is 7. The highest BCUT2D eigenvalue weighted by atomic mass is 19.1. The second-order valence-corrected chi connectivity index (χ2v) is 16.3. The molecule has 0 spiro atoms. The van der Waals surface area contributed by atoms with Crippen LogP contribution < -0.4 is 14.7 Å². The van der Waals surface area contributed by atoms with E-state index in [9.17, 15) is 9.59 Å². The van der Waals surface area contributed by atoms with Crippen LogP contribution in [0.3, 0.4) is 0 Å². The van der Waals surface area contributed by atoms with Gasteiger partial charge in [-0.3, -0.25) is 29.0 Å². The van der Waals surface area contributed by atoms with Crippen LogP contribution in [0.2, 0.25) is 0 Å². The Morgan fingerprint density at radius 1 is 0.613 bits per heavy atom. The third-order valence-electron chi connectivity index (χ3n) is 13.1. The SMILES string of the molecule is COC(=O)N1CCOC[C@H]1C(=O)N1CCC[C@]1(C(=O)N1Cc2ccc1cc2)N(c1ccc(F)cc1)[C@@]1(C(=O)N2Cc3ccc2cc3)CCCN1C(=O)[C@@H]1COCCN1C(=O)OC. The first-order valence-corrected chi connectivity index (χ1v) is 20.9. The first kappa shape index (κ1) is 41.1. The fraction of sp³-hybridized carbons (Fsp3) is 0.455. The summed E-state index contributed by atoms with van der Waals surface area (Å²) in [6, 6.07) is 17.7. The summed E-state index contributed by atoms with van der Waals surface area (Å²) in [5.74, 6) is -3.01. The van der Waals surface area contributed by atoms with Crippen molar-refractivity contribution in [3.05, 3.63) is 89.7 Å². The molecule has 6 amide bonds. The molecule has 62 heavy (non-hydrogen) atoms. The molecule has 4 atom stereocenters. The number of carbonyl (C=O) groups excluding carboxylic acids is 6. The molecule has 11 rings (SSSR count). The van der Waals surface area contributed by atoms with Gasteiger partial charge in [0.15, 0.2) is 11.3 Å². The van der Waals surface area contributed by atoms with Gasteiger partial charge in [-0.1, -0.05) is 24.3 Å². The fourth-order valence-corrected chi connectivity index (χ4v) is 10.2. The molecule has 4 saturated heterocycles. The van der Waals surface area contributed by atoms with Gasteiger partial charge in [-0.2, -0.15) is 0 Å². The van der Waals surface area contributed by atoms with Crippen LogP contribution in [0.15, 0.2) is 72.8 Å². The number of fused-ring (bicyclic) bond motifs is 6. The molecule has 326 valence electrons. The topological polar surface area (TPSA) is 162 Å². The number of hydrogen-bond acceptors (Lipinski definition) is 11. The van der Waals surface area contributed by atoms with Crippen LogP contribution in [0, 0.1) is 5.82 Å². The Balaban J connectivity index is 1.30. The molecule has 3 aromatic rings. The monoisotopic (exact) mass is 853 g/mol. The van der Waals surface area contributed by atoms with E-state index >= 15 is 23.6 Å². The van der Waals surface area contributed by atoms with Gasteiger partial charge in [-0.15, -0.1) is 0 Å². The van der Waals surface area contributed by atoms with Crippen LogP contribution in [0.1, 0.15) is 36.8 Å². The molecule has 4 fully saturated rings. The smallest absolute Gasteiger partial charge is 0.410 e. The number of anilines is 3. The van der Waals surface area contributed by atoms with Gasteiger partial charge in [-0.25, -0.2) is 14.0 Å². The van der Waals surface area contributed by atoms with E-state index in [4.69, 9.17) is 18.9 Å². The molecule has 0 saturated carbocycles. The molecule has 4 bridgehead atoms. The third kappa shape index (κ3) is 6.49. The number of likely N-dealkylation sites (tertiary alicyclic amines) is 2. The molecule has 0 radical (unpaired) electrons. The lowest BCUT2D eigenvalue weighted by Crippen LogP contribution is -2.80. The van der Waals surface area contributed by atoms with Gasteiger partial charge in [0.05, 0.1) is 53.7 Å². The zero-order chi connectivity index (χ0) is 43.3. The highest BCUT2D eigenvalue weighted by Crippen LogP contribution is 2.50. The van der Waals surface area contributed by atoms with E-state index in [1.54, 1.807) is 39.0 Å². The van der Waals surface area contributed by atoms with Gasteiger partial charge in [0, 0.05) is 56.1 Å². The van der Waals surface area contributed by atoms with Gasteiger partial charge in [0.25, 0.3) is 11.8 Å². The zero-order valence-electron chi connectivity index (χ0n) is 34.6. The summed E-state index contributed by atoms with van der Waals surface area (Å²) < 4.78 is 36.9. The molecule has 8 aliphatic rings. The Kier molecular flexibility index (Phi) is 10.7. The third-order valence-corrected chi connectivity index (χ3v) is 13.1. The van der Waals surface area contributed by atoms with Crippen LogP contribution in [-0.2, 0) is 51.2 Å². The molecule has 0 aromatic heterocycles. The lowest BCUT2D eigenvalue weighted by atomic mass is 9.89. The standard InChI is InChI=1S/C44H48FN7O10/c1-59-41(57)46-21-23-61-27-35(46)37(53)50-19-3-17-43(50,39(55)48-25-29-5-11-32(48)12-6-29)52(34-15-9-31(45)10-16-34)44(40(56)49-26-30-7-13-33(49)14-8-30)18-4-20-51(44)38(54)36-28-62-24-22-47(36)42(58)60-2/h5-16,35-36H,3-4,17-28H2,1-2H3/t35-,36-,43+,44+/m0/s1. The number of methoxy groups -OCH3 is 2. The molecule has 8 heterocycles. The van der Waals surface area contributed by atoms with Crippen molar-refractivity contribution in [1.29, 1.82) is 0 Å². The number of carbonyl (C=O) groups is 6. The quantitative estimate of drug-likeness (QED) is 0.343. The molecule has 17 nitrogen and oxygen atoms in total. The van der Waals surface area contributed by atoms with Crippen molar-refractivity contribution in [3.8, 4) is 0 Å². The maximum atomic E-state index is 16.3. The number of amides is 6. The summed E-state index contributed by atoms with van der Waals surface area (Å²) in [4.78, 5) is 100. The van der Waals surface area contributed by atoms with Gasteiger partial charge in [0.2, 0.25) is 11.8 Å². The molecule has 3 aromatic carbocycles. The van der Waals surface area contributed by atoms with Crippen molar-refractivity contribution in [2.24, 2.45) is 0 Å². The number of benzene rings is 3. The predicted molar refractivity (Wildman–Crippen MR) is 219 cm³/mol. The largest absolute Gasteiger partial charge is 0.453 e. The lowest BCUT2D eigenvalue weighted by molar-refractivity contribution is -0.159. The molecule has 0 N–H and O–H groups in total. The van der Waals surface area contributed by atoms with Crippen LogP contribution in [0.25, 0.3) is 0 Å². The number of halogens is 1. The number of ether oxygens (including phenoxy) is 4. The van der Waals surface area contributed by atoms with Crippen LogP contribution >= 0.6 is 0 Å². The Hall–Kier alpha value is -6.27. The van der Waals surface area contributed by atoms with Crippen molar-refractivity contribution in [3.63, 3.8) is 0 Å². The minimum atomic E-state index is -2.09. The highest BCUT2D eigenvalue weighted by Gasteiger charge is 2.68. The Labute approximate surface area is 357 Å². The van der Waals surface area contributed by atoms with Crippen molar-refractivity contribution in [2.75, 3.05) is 81.5 Å². The van der Waals surface area contributed by atoms with Crippen molar-refractivity contribution in [1.82, 2.24) is 19.6 Å². The summed E-state index contributed by atoms with van der Waals surface area (Å²) in [5, 5.41) is 0. The first-order chi connectivity index (χ1) is 30.0. The van der Waals surface area contributed by atoms with E-state index in [0.717, 1.165) is 11.1 Å². The summed E-state index contributed by atoms with van der Waals surface area (Å²) in [6.07, 6.45) is -1.04. The second-order valence-electron chi connectivity index (χ2n) is 16.3. The predicted octanol–water partition coefficient (Wildman–Crippen LogP) is 3.30. The Morgan fingerprint density at radius 2 is 1.03 bits per heavy atom. The maximum Gasteiger partial charge on any atom is 0.410 e. The first-order valence-electron chi connectivity index (χ1n) is 20.9. The summed E-state index contributed by atoms with van der Waals surface area (Å²) in [6.45, 7) is 0.294. The molecule has 0 aliphatic carbocycles. The lowest BCUT2D eigenvalue weighted by Gasteiger charge is -2.58. The summed E-state index contributed by atoms with van der Waals surface area (Å²) in [5.41, 5.74) is -1.27. The number of hydrogen-bond donors (Lipinski definition) is 0. The van der Waals surface area contributed by atoms with Gasteiger partial charge >= 0.3 is 12.2 Å². The summed E-state index contributed by atoms with van der Waals surface area (Å²) >= 11 is 0. The van der Waals surface area contributed by atoms with E-state index in [0.29, 0.717) is 11.4 Å². The van der Waals surface area contributed by atoms with Crippen molar-refractivity contribution >= 4 is 52.9 Å². The van der Waals surface area contributed by atoms with Crippen LogP contribution in [0.5, 0.6) is 0 Å². The van der Waals surface area contributed by atoms with Gasteiger partial charge in [0.1, 0.15) is 17.9 Å². The van der Waals surface area contributed by atoms with E-state index in [2.05, 4.69) is 0 Å². The normalized spacial score (nSPS) is 25.3. The van der Waals surface area contributed by atoms with Crippen LogP contribution in [0.4, 0.5) is 31.0 Å². The molecule has 0 unspecified atom stereocenters. The Morgan fingerprint density at radius 3 is 1.40 bits per heavy atom. The minimum Gasteiger partial charge on any atom is -0.453 e. The van der Waals surface area contributed by atoms with E-state index in [1.807, 2.05) is 24.3 Å². The summed E-state index contributed by atoms with van der Waals surface area (Å²) in [7, 11) is 2.43. The minimum absolute atomic E-state index is 0.00843. The van der Waals surface area contributed by atoms with E-state index in [-0.39, 0.29) is 97.1 Å².